The highest BCUT2D eigenvalue weighted by Gasteiger charge is 2.18. The summed E-state index contributed by atoms with van der Waals surface area (Å²) in [6.07, 6.45) is 22.9. The molecule has 0 aromatic rings. The molecule has 0 rings (SSSR count). The van der Waals surface area contributed by atoms with Crippen molar-refractivity contribution in [3.05, 3.63) is 0 Å². The fourth-order valence-corrected chi connectivity index (χ4v) is 3.33. The quantitative estimate of drug-likeness (QED) is 0.148. The van der Waals surface area contributed by atoms with E-state index in [9.17, 15) is 5.11 Å². The molecule has 1 atom stereocenters. The van der Waals surface area contributed by atoms with Crippen LogP contribution in [0.3, 0.4) is 0 Å². The van der Waals surface area contributed by atoms with Crippen LogP contribution in [0, 0.1) is 0 Å². The van der Waals surface area contributed by atoms with Gasteiger partial charge in [-0.3, -0.25) is 0 Å². The van der Waals surface area contributed by atoms with E-state index in [0.717, 1.165) is 12.8 Å². The van der Waals surface area contributed by atoms with Gasteiger partial charge in [-0.2, -0.15) is 0 Å². The molecule has 0 aliphatic carbocycles. The second-order valence-electron chi connectivity index (χ2n) is 6.97. The number of unbranched alkanes of at least 4 members (excludes halogenated alkanes) is 14. The van der Waals surface area contributed by atoms with E-state index >= 15 is 0 Å². The monoisotopic (exact) mass is 442 g/mol. The summed E-state index contributed by atoms with van der Waals surface area (Å²) in [5.41, 5.74) is 0. The summed E-state index contributed by atoms with van der Waals surface area (Å²) in [4.78, 5) is 0. The Bertz CT molecular complexity index is 220. The predicted octanol–water partition coefficient (Wildman–Crippen LogP) is 6.96. The summed E-state index contributed by atoms with van der Waals surface area (Å²) in [6.45, 7) is 4.35. The predicted molar refractivity (Wildman–Crippen MR) is 112 cm³/mol. The Morgan fingerprint density at radius 2 is 0.913 bits per heavy atom. The molecule has 0 aromatic carbocycles. The fraction of sp³-hybridized carbons (Fsp3) is 1.00. The van der Waals surface area contributed by atoms with Crippen LogP contribution in [0.15, 0.2) is 0 Å². The molecule has 3 N–H and O–H groups in total. The van der Waals surface area contributed by atoms with Crippen molar-refractivity contribution in [3.8, 4) is 0 Å². The van der Waals surface area contributed by atoms with Gasteiger partial charge in [0.2, 0.25) is 0 Å². The SMILES string of the molecule is CCCCCCCCCCCCCCCCCC(O)(I)CC.O. The molecule has 0 heterocycles. The zero-order chi connectivity index (χ0) is 16.5. The van der Waals surface area contributed by atoms with Crippen molar-refractivity contribution in [2.24, 2.45) is 0 Å². The molecule has 142 valence electrons. The first kappa shape index (κ1) is 25.9. The van der Waals surface area contributed by atoms with Gasteiger partial charge < -0.3 is 10.6 Å². The van der Waals surface area contributed by atoms with Crippen molar-refractivity contribution in [3.63, 3.8) is 0 Å². The smallest absolute Gasteiger partial charge is 0.115 e. The molecular weight excluding hydrogens is 399 g/mol. The summed E-state index contributed by atoms with van der Waals surface area (Å²) in [5, 5.41) is 9.91. The number of hydrogen-bond donors (Lipinski definition) is 1. The van der Waals surface area contributed by atoms with E-state index in [-0.39, 0.29) is 5.48 Å². The van der Waals surface area contributed by atoms with Crippen molar-refractivity contribution < 1.29 is 10.6 Å². The molecule has 0 aromatic heterocycles. The summed E-state index contributed by atoms with van der Waals surface area (Å²) < 4.78 is -0.450. The van der Waals surface area contributed by atoms with Gasteiger partial charge in [-0.05, 0) is 41.9 Å². The van der Waals surface area contributed by atoms with Crippen LogP contribution in [0.25, 0.3) is 0 Å². The van der Waals surface area contributed by atoms with E-state index < -0.39 is 3.61 Å². The fourth-order valence-electron chi connectivity index (χ4n) is 2.94. The summed E-state index contributed by atoms with van der Waals surface area (Å²) >= 11 is 2.19. The van der Waals surface area contributed by atoms with Crippen LogP contribution in [0.2, 0.25) is 0 Å². The third-order valence-corrected chi connectivity index (χ3v) is 6.01. The zero-order valence-electron chi connectivity index (χ0n) is 15.8. The Kier molecular flexibility index (Phi) is 21.4. The maximum Gasteiger partial charge on any atom is 0.115 e. The normalized spacial score (nSPS) is 13.6. The molecule has 2 nitrogen and oxygen atoms in total. The van der Waals surface area contributed by atoms with Gasteiger partial charge in [0.05, 0.1) is 0 Å². The van der Waals surface area contributed by atoms with Crippen LogP contribution < -0.4 is 0 Å². The number of rotatable bonds is 17. The van der Waals surface area contributed by atoms with Crippen molar-refractivity contribution >= 4 is 22.6 Å². The first-order valence-electron chi connectivity index (χ1n) is 10.0. The van der Waals surface area contributed by atoms with Crippen LogP contribution in [0.4, 0.5) is 0 Å². The molecule has 3 heteroatoms. The largest absolute Gasteiger partial charge is 0.412 e. The van der Waals surface area contributed by atoms with E-state index in [1.807, 2.05) is 0 Å². The molecule has 0 spiro atoms. The summed E-state index contributed by atoms with van der Waals surface area (Å²) in [6, 6.07) is 0. The van der Waals surface area contributed by atoms with E-state index in [4.69, 9.17) is 0 Å². The van der Waals surface area contributed by atoms with Gasteiger partial charge >= 0.3 is 0 Å². The number of alkyl halides is 1. The van der Waals surface area contributed by atoms with Gasteiger partial charge in [-0.1, -0.05) is 104 Å². The Morgan fingerprint density at radius 1 is 0.609 bits per heavy atom. The van der Waals surface area contributed by atoms with Gasteiger partial charge in [-0.15, -0.1) is 0 Å². The van der Waals surface area contributed by atoms with Crippen molar-refractivity contribution in [1.82, 2.24) is 0 Å². The average molecular weight is 442 g/mol. The van der Waals surface area contributed by atoms with Crippen LogP contribution in [-0.4, -0.2) is 14.2 Å². The molecule has 0 radical (unpaired) electrons. The van der Waals surface area contributed by atoms with Gasteiger partial charge in [0.25, 0.3) is 0 Å². The highest BCUT2D eigenvalue weighted by molar-refractivity contribution is 14.1. The van der Waals surface area contributed by atoms with Crippen LogP contribution in [0.1, 0.15) is 123 Å². The average Bonchev–Trinajstić information content (AvgIpc) is 2.51. The maximum atomic E-state index is 9.91. The molecule has 0 aliphatic heterocycles. The van der Waals surface area contributed by atoms with Crippen molar-refractivity contribution in [1.29, 1.82) is 0 Å². The first-order valence-corrected chi connectivity index (χ1v) is 11.1. The highest BCUT2D eigenvalue weighted by Crippen LogP contribution is 2.26. The minimum atomic E-state index is -0.450. The number of halogens is 1. The standard InChI is InChI=1S/C20H41IO.H2O/c1-3-5-6-7-8-9-10-11-12-13-14-15-16-17-18-19-20(21,22)4-2;/h22H,3-19H2,1-2H3;1H2. The second-order valence-corrected chi connectivity index (χ2v) is 8.98. The Morgan fingerprint density at radius 3 is 1.22 bits per heavy atom. The third kappa shape index (κ3) is 20.6. The van der Waals surface area contributed by atoms with Crippen LogP contribution >= 0.6 is 22.6 Å². The lowest BCUT2D eigenvalue weighted by Gasteiger charge is -2.18. The topological polar surface area (TPSA) is 51.7 Å². The van der Waals surface area contributed by atoms with Crippen LogP contribution in [0.5, 0.6) is 0 Å². The lowest BCUT2D eigenvalue weighted by molar-refractivity contribution is 0.138. The summed E-state index contributed by atoms with van der Waals surface area (Å²) in [7, 11) is 0. The van der Waals surface area contributed by atoms with E-state index in [1.165, 1.54) is 96.3 Å². The number of hydrogen-bond acceptors (Lipinski definition) is 1. The molecule has 1 unspecified atom stereocenters. The minimum Gasteiger partial charge on any atom is -0.412 e. The molecule has 23 heavy (non-hydrogen) atoms. The Labute approximate surface area is 159 Å². The van der Waals surface area contributed by atoms with Crippen molar-refractivity contribution in [2.75, 3.05) is 0 Å². The molecule has 0 amide bonds. The Hall–Kier alpha value is 0.650. The number of aliphatic hydroxyl groups is 1. The van der Waals surface area contributed by atoms with E-state index in [2.05, 4.69) is 36.4 Å². The zero-order valence-corrected chi connectivity index (χ0v) is 18.0. The van der Waals surface area contributed by atoms with Crippen LogP contribution in [-0.2, 0) is 0 Å². The van der Waals surface area contributed by atoms with E-state index in [0.29, 0.717) is 0 Å². The lowest BCUT2D eigenvalue weighted by atomic mass is 10.0. The highest BCUT2D eigenvalue weighted by atomic mass is 127. The molecular formula is C20H43IO2. The lowest BCUT2D eigenvalue weighted by Crippen LogP contribution is -2.17. The van der Waals surface area contributed by atoms with Gasteiger partial charge in [0.15, 0.2) is 0 Å². The third-order valence-electron chi connectivity index (χ3n) is 4.71. The Balaban J connectivity index is 0. The van der Waals surface area contributed by atoms with Crippen molar-refractivity contribution in [2.45, 2.75) is 127 Å². The maximum absolute atomic E-state index is 9.91. The first-order chi connectivity index (χ1) is 10.6. The van der Waals surface area contributed by atoms with Gasteiger partial charge in [0, 0.05) is 0 Å². The molecule has 0 bridgehead atoms. The van der Waals surface area contributed by atoms with Gasteiger partial charge in [-0.25, -0.2) is 0 Å². The van der Waals surface area contributed by atoms with E-state index in [1.54, 1.807) is 0 Å². The molecule has 0 aliphatic rings. The minimum absolute atomic E-state index is 0. The van der Waals surface area contributed by atoms with Gasteiger partial charge in [0.1, 0.15) is 3.61 Å². The molecule has 0 saturated carbocycles. The second kappa shape index (κ2) is 19.0. The molecule has 0 saturated heterocycles. The summed E-state index contributed by atoms with van der Waals surface area (Å²) in [5.74, 6) is 0. The molecule has 0 fully saturated rings.